The maximum atomic E-state index is 8.78. The van der Waals surface area contributed by atoms with Gasteiger partial charge in [0.1, 0.15) is 5.75 Å². The number of alkyl halides is 1. The number of rotatable bonds is 6. The second-order valence-corrected chi connectivity index (χ2v) is 3.81. The van der Waals surface area contributed by atoms with Gasteiger partial charge in [-0.2, -0.15) is 0 Å². The zero-order chi connectivity index (χ0) is 10.2. The van der Waals surface area contributed by atoms with E-state index in [9.17, 15) is 0 Å². The monoisotopic (exact) mass is 258 g/mol. The van der Waals surface area contributed by atoms with E-state index >= 15 is 0 Å². The third-order valence-corrected chi connectivity index (χ3v) is 2.41. The van der Waals surface area contributed by atoms with Crippen molar-refractivity contribution >= 4 is 15.9 Å². The molecule has 0 saturated heterocycles. The van der Waals surface area contributed by atoms with Crippen molar-refractivity contribution in [1.29, 1.82) is 0 Å². The van der Waals surface area contributed by atoms with Gasteiger partial charge in [-0.05, 0) is 30.5 Å². The van der Waals surface area contributed by atoms with Gasteiger partial charge in [0, 0.05) is 11.9 Å². The minimum absolute atomic E-state index is 0.185. The number of hydrogen-bond donors (Lipinski definition) is 1. The molecular formula is C11H15BrO2. The lowest BCUT2D eigenvalue weighted by Gasteiger charge is -2.06. The highest BCUT2D eigenvalue weighted by atomic mass is 79.9. The van der Waals surface area contributed by atoms with E-state index in [1.807, 2.05) is 24.3 Å². The van der Waals surface area contributed by atoms with Crippen molar-refractivity contribution in [3.05, 3.63) is 29.8 Å². The molecule has 0 aliphatic rings. The van der Waals surface area contributed by atoms with Gasteiger partial charge in [-0.3, -0.25) is 0 Å². The van der Waals surface area contributed by atoms with Crippen LogP contribution in [-0.4, -0.2) is 23.7 Å². The molecule has 0 atom stereocenters. The molecule has 0 fully saturated rings. The first-order valence-electron chi connectivity index (χ1n) is 4.75. The Morgan fingerprint density at radius 2 is 2.21 bits per heavy atom. The van der Waals surface area contributed by atoms with Crippen LogP contribution in [0.1, 0.15) is 12.0 Å². The van der Waals surface area contributed by atoms with Crippen LogP contribution in [0.2, 0.25) is 0 Å². The third kappa shape index (κ3) is 4.11. The molecule has 0 spiro atoms. The van der Waals surface area contributed by atoms with Crippen molar-refractivity contribution in [1.82, 2.24) is 0 Å². The number of hydrogen-bond acceptors (Lipinski definition) is 2. The fourth-order valence-corrected chi connectivity index (χ4v) is 1.39. The standard InChI is InChI=1S/C11H15BrO2/c12-6-2-8-14-11-4-1-3-10(9-11)5-7-13/h1,3-4,9,13H,2,5-8H2. The molecule has 0 aromatic heterocycles. The summed E-state index contributed by atoms with van der Waals surface area (Å²) in [5.41, 5.74) is 1.11. The van der Waals surface area contributed by atoms with Gasteiger partial charge in [0.2, 0.25) is 0 Å². The third-order valence-electron chi connectivity index (χ3n) is 1.85. The average Bonchev–Trinajstić information content (AvgIpc) is 2.19. The highest BCUT2D eigenvalue weighted by molar-refractivity contribution is 9.09. The summed E-state index contributed by atoms with van der Waals surface area (Å²) in [6.45, 7) is 0.915. The maximum Gasteiger partial charge on any atom is 0.119 e. The van der Waals surface area contributed by atoms with E-state index in [-0.39, 0.29) is 6.61 Å². The van der Waals surface area contributed by atoms with Crippen molar-refractivity contribution in [3.8, 4) is 5.75 Å². The summed E-state index contributed by atoms with van der Waals surface area (Å²) in [5.74, 6) is 0.886. The molecule has 14 heavy (non-hydrogen) atoms. The summed E-state index contributed by atoms with van der Waals surface area (Å²) >= 11 is 3.35. The Morgan fingerprint density at radius 3 is 2.93 bits per heavy atom. The van der Waals surface area contributed by atoms with Crippen LogP contribution in [0.3, 0.4) is 0 Å². The van der Waals surface area contributed by atoms with Gasteiger partial charge in [-0.25, -0.2) is 0 Å². The Hall–Kier alpha value is -0.540. The van der Waals surface area contributed by atoms with E-state index < -0.39 is 0 Å². The van der Waals surface area contributed by atoms with Crippen LogP contribution in [0.4, 0.5) is 0 Å². The van der Waals surface area contributed by atoms with E-state index in [0.29, 0.717) is 6.42 Å². The Labute approximate surface area is 93.0 Å². The van der Waals surface area contributed by atoms with Gasteiger partial charge < -0.3 is 9.84 Å². The van der Waals surface area contributed by atoms with E-state index in [1.54, 1.807) is 0 Å². The zero-order valence-corrected chi connectivity index (χ0v) is 9.66. The lowest BCUT2D eigenvalue weighted by molar-refractivity contribution is 0.298. The van der Waals surface area contributed by atoms with Gasteiger partial charge in [0.05, 0.1) is 6.61 Å². The fourth-order valence-electron chi connectivity index (χ4n) is 1.16. The first-order chi connectivity index (χ1) is 6.86. The summed E-state index contributed by atoms with van der Waals surface area (Å²) in [6, 6.07) is 7.86. The van der Waals surface area contributed by atoms with Crippen molar-refractivity contribution < 1.29 is 9.84 Å². The molecule has 1 aromatic carbocycles. The van der Waals surface area contributed by atoms with Crippen LogP contribution in [0, 0.1) is 0 Å². The molecule has 1 rings (SSSR count). The van der Waals surface area contributed by atoms with Crippen molar-refractivity contribution in [2.75, 3.05) is 18.5 Å². The van der Waals surface area contributed by atoms with Crippen LogP contribution in [0.15, 0.2) is 24.3 Å². The number of aliphatic hydroxyl groups excluding tert-OH is 1. The predicted octanol–water partition coefficient (Wildman–Crippen LogP) is 2.39. The molecule has 78 valence electrons. The van der Waals surface area contributed by atoms with E-state index in [4.69, 9.17) is 9.84 Å². The topological polar surface area (TPSA) is 29.5 Å². The second-order valence-electron chi connectivity index (χ2n) is 3.01. The molecule has 0 aliphatic heterocycles. The summed E-state index contributed by atoms with van der Waals surface area (Å²) in [4.78, 5) is 0. The molecule has 1 N–H and O–H groups in total. The van der Waals surface area contributed by atoms with Gasteiger partial charge in [0.25, 0.3) is 0 Å². The number of halogens is 1. The van der Waals surface area contributed by atoms with Gasteiger partial charge in [-0.15, -0.1) is 0 Å². The summed E-state index contributed by atoms with van der Waals surface area (Å²) < 4.78 is 5.52. The molecule has 0 saturated carbocycles. The van der Waals surface area contributed by atoms with Gasteiger partial charge in [0.15, 0.2) is 0 Å². The summed E-state index contributed by atoms with van der Waals surface area (Å²) in [6.07, 6.45) is 1.69. The SMILES string of the molecule is OCCc1cccc(OCCCBr)c1. The lowest BCUT2D eigenvalue weighted by Crippen LogP contribution is -1.98. The molecule has 0 heterocycles. The molecule has 0 unspecified atom stereocenters. The summed E-state index contributed by atoms with van der Waals surface area (Å²) in [7, 11) is 0. The van der Waals surface area contributed by atoms with Crippen LogP contribution in [-0.2, 0) is 6.42 Å². The minimum Gasteiger partial charge on any atom is -0.494 e. The van der Waals surface area contributed by atoms with E-state index in [2.05, 4.69) is 15.9 Å². The number of ether oxygens (including phenoxy) is 1. The van der Waals surface area contributed by atoms with Crippen LogP contribution < -0.4 is 4.74 Å². The van der Waals surface area contributed by atoms with Gasteiger partial charge >= 0.3 is 0 Å². The van der Waals surface area contributed by atoms with E-state index in [1.165, 1.54) is 0 Å². The second kappa shape index (κ2) is 6.85. The molecule has 2 nitrogen and oxygen atoms in total. The quantitative estimate of drug-likeness (QED) is 0.627. The largest absolute Gasteiger partial charge is 0.494 e. The average molecular weight is 259 g/mol. The maximum absolute atomic E-state index is 8.78. The zero-order valence-electron chi connectivity index (χ0n) is 8.08. The highest BCUT2D eigenvalue weighted by Gasteiger charge is 1.96. The summed E-state index contributed by atoms with van der Waals surface area (Å²) in [5, 5.41) is 9.74. The first-order valence-corrected chi connectivity index (χ1v) is 5.87. The minimum atomic E-state index is 0.185. The molecule has 0 aliphatic carbocycles. The Morgan fingerprint density at radius 1 is 1.36 bits per heavy atom. The fraction of sp³-hybridized carbons (Fsp3) is 0.455. The first kappa shape index (κ1) is 11.5. The van der Waals surface area contributed by atoms with Crippen molar-refractivity contribution in [3.63, 3.8) is 0 Å². The lowest BCUT2D eigenvalue weighted by atomic mass is 10.1. The molecule has 1 aromatic rings. The van der Waals surface area contributed by atoms with Crippen molar-refractivity contribution in [2.24, 2.45) is 0 Å². The van der Waals surface area contributed by atoms with Crippen LogP contribution >= 0.6 is 15.9 Å². The number of aliphatic hydroxyl groups is 1. The highest BCUT2D eigenvalue weighted by Crippen LogP contribution is 2.13. The van der Waals surface area contributed by atoms with Gasteiger partial charge in [-0.1, -0.05) is 28.1 Å². The Balaban J connectivity index is 2.46. The normalized spacial score (nSPS) is 10.1. The molecule has 0 bridgehead atoms. The molecule has 0 amide bonds. The van der Waals surface area contributed by atoms with Crippen LogP contribution in [0.5, 0.6) is 5.75 Å². The molecule has 3 heteroatoms. The Bertz CT molecular complexity index is 263. The smallest absolute Gasteiger partial charge is 0.119 e. The molecule has 0 radical (unpaired) electrons. The van der Waals surface area contributed by atoms with Crippen molar-refractivity contribution in [2.45, 2.75) is 12.8 Å². The Kier molecular flexibility index (Phi) is 5.64. The van der Waals surface area contributed by atoms with Crippen LogP contribution in [0.25, 0.3) is 0 Å². The number of benzene rings is 1. The van der Waals surface area contributed by atoms with E-state index in [0.717, 1.165) is 29.7 Å². The molecular weight excluding hydrogens is 244 g/mol. The predicted molar refractivity (Wildman–Crippen MR) is 61.1 cm³/mol.